The molecule has 0 N–H and O–H groups in total. The number of hydrogen-bond donors (Lipinski definition) is 0. The maximum absolute atomic E-state index is 12.9. The number of carbonyl (C=O) groups is 1. The predicted molar refractivity (Wildman–Crippen MR) is 81.4 cm³/mol. The highest BCUT2D eigenvalue weighted by atomic mass is 35.5. The molecule has 2 aromatic heterocycles. The van der Waals surface area contributed by atoms with E-state index in [0.29, 0.717) is 21.9 Å². The number of aromatic nitrogens is 4. The third kappa shape index (κ3) is 4.08. The summed E-state index contributed by atoms with van der Waals surface area (Å²) in [6.45, 7) is 3.55. The molecule has 0 atom stereocenters. The maximum Gasteiger partial charge on any atom is 0.433 e. The molecule has 0 aromatic carbocycles. The van der Waals surface area contributed by atoms with Crippen molar-refractivity contribution in [1.29, 1.82) is 0 Å². The first-order valence-corrected chi connectivity index (χ1v) is 7.57. The number of halogens is 4. The first-order chi connectivity index (χ1) is 11.1. The monoisotopic (exact) mass is 363 g/mol. The summed E-state index contributed by atoms with van der Waals surface area (Å²) in [6, 6.07) is 0.910. The molecule has 0 fully saturated rings. The lowest BCUT2D eigenvalue weighted by Crippen LogP contribution is -2.31. The van der Waals surface area contributed by atoms with Crippen molar-refractivity contribution in [2.45, 2.75) is 39.7 Å². The van der Waals surface area contributed by atoms with Gasteiger partial charge >= 0.3 is 6.18 Å². The molecule has 6 nitrogen and oxygen atoms in total. The molecule has 0 saturated carbocycles. The lowest BCUT2D eigenvalue weighted by molar-refractivity contribution is -0.145. The summed E-state index contributed by atoms with van der Waals surface area (Å²) in [5.41, 5.74) is -0.264. The molecule has 132 valence electrons. The quantitative estimate of drug-likeness (QED) is 0.820. The molecular weight excluding hydrogens is 347 g/mol. The fourth-order valence-electron chi connectivity index (χ4n) is 2.16. The molecule has 0 aliphatic carbocycles. The van der Waals surface area contributed by atoms with Gasteiger partial charge in [-0.15, -0.1) is 0 Å². The zero-order valence-corrected chi connectivity index (χ0v) is 14.2. The smallest absolute Gasteiger partial charge is 0.338 e. The summed E-state index contributed by atoms with van der Waals surface area (Å²) in [4.78, 5) is 13.5. The van der Waals surface area contributed by atoms with Crippen molar-refractivity contribution in [2.75, 3.05) is 7.05 Å². The largest absolute Gasteiger partial charge is 0.433 e. The van der Waals surface area contributed by atoms with Crippen LogP contribution in [-0.2, 0) is 30.6 Å². The Morgan fingerprint density at radius 2 is 2.04 bits per heavy atom. The molecule has 10 heteroatoms. The lowest BCUT2D eigenvalue weighted by atomic mass is 10.3. The Hall–Kier alpha value is -2.03. The second kappa shape index (κ2) is 6.84. The van der Waals surface area contributed by atoms with Crippen LogP contribution in [0.25, 0.3) is 0 Å². The van der Waals surface area contributed by atoms with Gasteiger partial charge in [0.1, 0.15) is 17.9 Å². The average molecular weight is 364 g/mol. The molecular formula is C14H17ClF3N5O. The van der Waals surface area contributed by atoms with Gasteiger partial charge in [0.25, 0.3) is 0 Å². The standard InChI is InChI=1S/C14H17ClF3N5O/c1-4-22-6-10(15)11(20-22)7-21(3)13(24)8-23-12(14(16,17)18)5-9(2)19-23/h5-6H,4,7-8H2,1-3H3. The number of rotatable bonds is 5. The lowest BCUT2D eigenvalue weighted by Gasteiger charge is -2.17. The molecule has 0 unspecified atom stereocenters. The minimum atomic E-state index is -4.57. The van der Waals surface area contributed by atoms with Gasteiger partial charge in [0.15, 0.2) is 0 Å². The Morgan fingerprint density at radius 3 is 2.58 bits per heavy atom. The normalized spacial score (nSPS) is 11.8. The van der Waals surface area contributed by atoms with Crippen LogP contribution >= 0.6 is 11.6 Å². The summed E-state index contributed by atoms with van der Waals surface area (Å²) < 4.78 is 41.1. The van der Waals surface area contributed by atoms with E-state index >= 15 is 0 Å². The van der Waals surface area contributed by atoms with Gasteiger partial charge in [0.2, 0.25) is 5.91 Å². The van der Waals surface area contributed by atoms with E-state index in [9.17, 15) is 18.0 Å². The molecule has 0 aliphatic heterocycles. The van der Waals surface area contributed by atoms with Gasteiger partial charge in [-0.2, -0.15) is 23.4 Å². The van der Waals surface area contributed by atoms with Gasteiger partial charge in [-0.05, 0) is 19.9 Å². The van der Waals surface area contributed by atoms with Crippen molar-refractivity contribution in [3.05, 3.63) is 34.4 Å². The molecule has 2 rings (SSSR count). The van der Waals surface area contributed by atoms with Gasteiger partial charge < -0.3 is 4.90 Å². The van der Waals surface area contributed by atoms with Crippen LogP contribution in [0.1, 0.15) is 24.0 Å². The van der Waals surface area contributed by atoms with Crippen LogP contribution in [0.15, 0.2) is 12.3 Å². The zero-order valence-electron chi connectivity index (χ0n) is 13.4. The molecule has 24 heavy (non-hydrogen) atoms. The minimum Gasteiger partial charge on any atom is -0.338 e. The van der Waals surface area contributed by atoms with E-state index in [0.717, 1.165) is 6.07 Å². The molecule has 0 spiro atoms. The number of carbonyl (C=O) groups excluding carboxylic acids is 1. The van der Waals surface area contributed by atoms with Crippen molar-refractivity contribution in [3.63, 3.8) is 0 Å². The third-order valence-corrected chi connectivity index (χ3v) is 3.72. The minimum absolute atomic E-state index is 0.103. The summed E-state index contributed by atoms with van der Waals surface area (Å²) in [7, 11) is 1.48. The molecule has 0 radical (unpaired) electrons. The number of hydrogen-bond acceptors (Lipinski definition) is 3. The SMILES string of the molecule is CCn1cc(Cl)c(CN(C)C(=O)Cn2nc(C)cc2C(F)(F)F)n1. The Bertz CT molecular complexity index is 737. The average Bonchev–Trinajstić information content (AvgIpc) is 3.01. The van der Waals surface area contributed by atoms with Crippen LogP contribution in [0, 0.1) is 6.92 Å². The van der Waals surface area contributed by atoms with Crippen molar-refractivity contribution < 1.29 is 18.0 Å². The summed E-state index contributed by atoms with van der Waals surface area (Å²) >= 11 is 6.03. The summed E-state index contributed by atoms with van der Waals surface area (Å²) in [5, 5.41) is 8.36. The first kappa shape index (κ1) is 18.3. The van der Waals surface area contributed by atoms with Crippen LogP contribution in [-0.4, -0.2) is 37.4 Å². The first-order valence-electron chi connectivity index (χ1n) is 7.19. The van der Waals surface area contributed by atoms with Crippen LogP contribution in [0.5, 0.6) is 0 Å². The number of likely N-dealkylation sites (N-methyl/N-ethyl adjacent to an activating group) is 1. The number of aryl methyl sites for hydroxylation is 2. The van der Waals surface area contributed by atoms with E-state index in [4.69, 9.17) is 11.6 Å². The summed E-state index contributed by atoms with van der Waals surface area (Å²) in [6.07, 6.45) is -2.93. The van der Waals surface area contributed by atoms with E-state index in [1.807, 2.05) is 6.92 Å². The highest BCUT2D eigenvalue weighted by Crippen LogP contribution is 2.29. The van der Waals surface area contributed by atoms with Crippen molar-refractivity contribution in [3.8, 4) is 0 Å². The third-order valence-electron chi connectivity index (χ3n) is 3.40. The van der Waals surface area contributed by atoms with E-state index in [1.165, 1.54) is 18.9 Å². The van der Waals surface area contributed by atoms with E-state index in [-0.39, 0.29) is 12.2 Å². The predicted octanol–water partition coefficient (Wildman–Crippen LogP) is 2.74. The highest BCUT2D eigenvalue weighted by molar-refractivity contribution is 6.31. The number of alkyl halides is 3. The second-order valence-electron chi connectivity index (χ2n) is 5.36. The summed E-state index contributed by atoms with van der Waals surface area (Å²) in [5.74, 6) is -0.522. The Labute approximate surface area is 141 Å². The van der Waals surface area contributed by atoms with Gasteiger partial charge in [-0.3, -0.25) is 14.2 Å². The molecule has 2 aromatic rings. The van der Waals surface area contributed by atoms with Crippen LogP contribution < -0.4 is 0 Å². The van der Waals surface area contributed by atoms with E-state index < -0.39 is 24.3 Å². The number of nitrogens with zero attached hydrogens (tertiary/aromatic N) is 5. The van der Waals surface area contributed by atoms with Crippen molar-refractivity contribution in [2.24, 2.45) is 0 Å². The van der Waals surface area contributed by atoms with Crippen molar-refractivity contribution >= 4 is 17.5 Å². The Morgan fingerprint density at radius 1 is 1.38 bits per heavy atom. The van der Waals surface area contributed by atoms with Gasteiger partial charge in [0.05, 0.1) is 17.3 Å². The van der Waals surface area contributed by atoms with Crippen LogP contribution in [0.4, 0.5) is 13.2 Å². The van der Waals surface area contributed by atoms with E-state index in [2.05, 4.69) is 10.2 Å². The second-order valence-corrected chi connectivity index (χ2v) is 5.76. The van der Waals surface area contributed by atoms with Gasteiger partial charge in [-0.1, -0.05) is 11.6 Å². The molecule has 0 bridgehead atoms. The van der Waals surface area contributed by atoms with E-state index in [1.54, 1.807) is 10.9 Å². The highest BCUT2D eigenvalue weighted by Gasteiger charge is 2.36. The molecule has 1 amide bonds. The zero-order chi connectivity index (χ0) is 18.1. The fourth-order valence-corrected chi connectivity index (χ4v) is 2.37. The van der Waals surface area contributed by atoms with Crippen LogP contribution in [0.3, 0.4) is 0 Å². The Balaban J connectivity index is 2.11. The van der Waals surface area contributed by atoms with Gasteiger partial charge in [-0.25, -0.2) is 0 Å². The molecule has 0 saturated heterocycles. The molecule has 0 aliphatic rings. The van der Waals surface area contributed by atoms with Crippen LogP contribution in [0.2, 0.25) is 5.02 Å². The molecule has 2 heterocycles. The van der Waals surface area contributed by atoms with Crippen molar-refractivity contribution in [1.82, 2.24) is 24.5 Å². The fraction of sp³-hybridized carbons (Fsp3) is 0.500. The number of amides is 1. The maximum atomic E-state index is 12.9. The topological polar surface area (TPSA) is 56.0 Å². The Kier molecular flexibility index (Phi) is 5.22. The van der Waals surface area contributed by atoms with Gasteiger partial charge in [0, 0.05) is 19.8 Å².